The second kappa shape index (κ2) is 6.76. The largest absolute Gasteiger partial charge is 0.493 e. The zero-order valence-corrected chi connectivity index (χ0v) is 12.6. The lowest BCUT2D eigenvalue weighted by Crippen LogP contribution is -2.07. The van der Waals surface area contributed by atoms with Crippen molar-refractivity contribution in [3.63, 3.8) is 0 Å². The highest BCUT2D eigenvalue weighted by molar-refractivity contribution is 5.79. The minimum atomic E-state index is -0.342. The van der Waals surface area contributed by atoms with Gasteiger partial charge in [-0.1, -0.05) is 18.2 Å². The highest BCUT2D eigenvalue weighted by Gasteiger charge is 2.16. The van der Waals surface area contributed by atoms with Crippen LogP contribution in [0.4, 0.5) is 0 Å². The van der Waals surface area contributed by atoms with E-state index in [9.17, 15) is 9.59 Å². The Labute approximate surface area is 128 Å². The quantitative estimate of drug-likeness (QED) is 0.794. The molecule has 0 unspecified atom stereocenters. The molecule has 0 bridgehead atoms. The molecule has 0 aromatic heterocycles. The van der Waals surface area contributed by atoms with Crippen molar-refractivity contribution in [2.75, 3.05) is 21.3 Å². The van der Waals surface area contributed by atoms with Gasteiger partial charge in [-0.25, -0.2) is 0 Å². The van der Waals surface area contributed by atoms with Crippen molar-refractivity contribution >= 4 is 6.29 Å². The van der Waals surface area contributed by atoms with Gasteiger partial charge in [-0.15, -0.1) is 0 Å². The molecule has 114 valence electrons. The van der Waals surface area contributed by atoms with E-state index in [1.54, 1.807) is 36.4 Å². The lowest BCUT2D eigenvalue weighted by molar-refractivity contribution is 0.112. The van der Waals surface area contributed by atoms with Crippen LogP contribution in [0.15, 0.2) is 41.2 Å². The van der Waals surface area contributed by atoms with E-state index in [0.29, 0.717) is 22.4 Å². The van der Waals surface area contributed by atoms with E-state index in [0.717, 1.165) is 6.29 Å². The summed E-state index contributed by atoms with van der Waals surface area (Å²) in [7, 11) is 4.31. The zero-order valence-electron chi connectivity index (χ0n) is 12.6. The Morgan fingerprint density at radius 2 is 1.64 bits per heavy atom. The highest BCUT2D eigenvalue weighted by atomic mass is 16.5. The number of carbonyl (C=O) groups is 1. The fourth-order valence-electron chi connectivity index (χ4n) is 2.19. The van der Waals surface area contributed by atoms with E-state index in [-0.39, 0.29) is 16.9 Å². The zero-order chi connectivity index (χ0) is 16.1. The fraction of sp³-hybridized carbons (Fsp3) is 0.176. The van der Waals surface area contributed by atoms with Crippen LogP contribution in [0.1, 0.15) is 10.4 Å². The lowest BCUT2D eigenvalue weighted by Gasteiger charge is -2.07. The van der Waals surface area contributed by atoms with Gasteiger partial charge in [-0.05, 0) is 23.8 Å². The first-order valence-corrected chi connectivity index (χ1v) is 6.55. The number of hydrogen-bond donors (Lipinski definition) is 0. The van der Waals surface area contributed by atoms with Gasteiger partial charge in [0.25, 0.3) is 0 Å². The Morgan fingerprint density at radius 1 is 0.909 bits per heavy atom. The standard InChI is InChI=1S/C17H16O5/c1-20-14-8-7-13(12-6-4-5-11(9-12)10-18)15(19)17(22-3)16(14)21-2/h4-10H,1-3H3. The molecule has 0 fully saturated rings. The second-order valence-electron chi connectivity index (χ2n) is 4.45. The second-order valence-corrected chi connectivity index (χ2v) is 4.45. The van der Waals surface area contributed by atoms with Gasteiger partial charge in [0.15, 0.2) is 5.75 Å². The Kier molecular flexibility index (Phi) is 4.78. The summed E-state index contributed by atoms with van der Waals surface area (Å²) in [5.74, 6) is 0.665. The molecule has 0 aliphatic rings. The van der Waals surface area contributed by atoms with Gasteiger partial charge in [0, 0.05) is 11.1 Å². The van der Waals surface area contributed by atoms with Crippen LogP contribution in [-0.2, 0) is 0 Å². The van der Waals surface area contributed by atoms with Crippen molar-refractivity contribution in [1.29, 1.82) is 0 Å². The third kappa shape index (κ3) is 2.79. The molecule has 0 aliphatic heterocycles. The van der Waals surface area contributed by atoms with Gasteiger partial charge in [0.2, 0.25) is 16.9 Å². The predicted octanol–water partition coefficient (Wildman–Crippen LogP) is 2.55. The topological polar surface area (TPSA) is 61.8 Å². The van der Waals surface area contributed by atoms with Gasteiger partial charge in [0.05, 0.1) is 21.3 Å². The normalized spacial score (nSPS) is 9.95. The van der Waals surface area contributed by atoms with E-state index in [1.165, 1.54) is 21.3 Å². The molecule has 5 nitrogen and oxygen atoms in total. The molecule has 0 amide bonds. The Bertz CT molecular complexity index is 752. The van der Waals surface area contributed by atoms with Crippen LogP contribution in [0.2, 0.25) is 0 Å². The molecule has 0 heterocycles. The minimum absolute atomic E-state index is 0.0517. The van der Waals surface area contributed by atoms with Gasteiger partial charge < -0.3 is 14.2 Å². The molecule has 0 saturated carbocycles. The average Bonchev–Trinajstić information content (AvgIpc) is 2.70. The molecule has 0 aliphatic carbocycles. The van der Waals surface area contributed by atoms with Crippen LogP contribution in [0.3, 0.4) is 0 Å². The van der Waals surface area contributed by atoms with E-state index < -0.39 is 0 Å². The number of ether oxygens (including phenoxy) is 3. The summed E-state index contributed by atoms with van der Waals surface area (Å²) in [6.07, 6.45) is 0.731. The summed E-state index contributed by atoms with van der Waals surface area (Å²) in [6.45, 7) is 0. The van der Waals surface area contributed by atoms with Crippen LogP contribution in [0, 0.1) is 0 Å². The molecule has 0 radical (unpaired) electrons. The third-order valence-corrected chi connectivity index (χ3v) is 3.24. The van der Waals surface area contributed by atoms with Crippen molar-refractivity contribution in [2.45, 2.75) is 0 Å². The minimum Gasteiger partial charge on any atom is -0.493 e. The van der Waals surface area contributed by atoms with Crippen LogP contribution in [-0.4, -0.2) is 27.6 Å². The van der Waals surface area contributed by atoms with Gasteiger partial charge in [-0.3, -0.25) is 9.59 Å². The van der Waals surface area contributed by atoms with Crippen LogP contribution < -0.4 is 19.6 Å². The molecule has 0 atom stereocenters. The van der Waals surface area contributed by atoms with Crippen LogP contribution >= 0.6 is 0 Å². The smallest absolute Gasteiger partial charge is 0.232 e. The maximum atomic E-state index is 12.7. The summed E-state index contributed by atoms with van der Waals surface area (Å²) in [5.41, 5.74) is 1.15. The molecule has 0 N–H and O–H groups in total. The van der Waals surface area contributed by atoms with Gasteiger partial charge in [0.1, 0.15) is 6.29 Å². The average molecular weight is 300 g/mol. The summed E-state index contributed by atoms with van der Waals surface area (Å²) >= 11 is 0. The Hall–Kier alpha value is -2.82. The van der Waals surface area contributed by atoms with Crippen LogP contribution in [0.25, 0.3) is 11.1 Å². The Balaban J connectivity index is 2.80. The SMILES string of the molecule is COc1ccc(-c2cccc(C=O)c2)c(=O)c(OC)c1OC. The molecule has 2 rings (SSSR count). The summed E-state index contributed by atoms with van der Waals surface area (Å²) in [5, 5.41) is 0. The Morgan fingerprint density at radius 3 is 2.23 bits per heavy atom. The molecule has 0 spiro atoms. The monoisotopic (exact) mass is 300 g/mol. The molecule has 2 aromatic rings. The molecular weight excluding hydrogens is 284 g/mol. The van der Waals surface area contributed by atoms with Gasteiger partial charge in [-0.2, -0.15) is 0 Å². The van der Waals surface area contributed by atoms with Crippen molar-refractivity contribution in [2.24, 2.45) is 0 Å². The molecule has 22 heavy (non-hydrogen) atoms. The van der Waals surface area contributed by atoms with Crippen molar-refractivity contribution in [1.82, 2.24) is 0 Å². The predicted molar refractivity (Wildman–Crippen MR) is 83.2 cm³/mol. The number of rotatable bonds is 5. The highest BCUT2D eigenvalue weighted by Crippen LogP contribution is 2.34. The first-order chi connectivity index (χ1) is 10.7. The number of hydrogen-bond acceptors (Lipinski definition) is 5. The van der Waals surface area contributed by atoms with E-state index in [2.05, 4.69) is 0 Å². The number of benzene rings is 1. The maximum absolute atomic E-state index is 12.7. The fourth-order valence-corrected chi connectivity index (χ4v) is 2.19. The summed E-state index contributed by atoms with van der Waals surface area (Å²) in [4.78, 5) is 23.6. The van der Waals surface area contributed by atoms with E-state index >= 15 is 0 Å². The number of methoxy groups -OCH3 is 3. The molecule has 0 saturated heterocycles. The number of aldehydes is 1. The molecular formula is C17H16O5. The van der Waals surface area contributed by atoms with Crippen molar-refractivity contribution in [3.8, 4) is 28.4 Å². The third-order valence-electron chi connectivity index (χ3n) is 3.24. The first-order valence-electron chi connectivity index (χ1n) is 6.55. The molecule has 5 heteroatoms. The van der Waals surface area contributed by atoms with Gasteiger partial charge >= 0.3 is 0 Å². The number of carbonyl (C=O) groups excluding carboxylic acids is 1. The summed E-state index contributed by atoms with van der Waals surface area (Å²) < 4.78 is 15.7. The first kappa shape index (κ1) is 15.6. The van der Waals surface area contributed by atoms with Crippen LogP contribution in [0.5, 0.6) is 17.2 Å². The van der Waals surface area contributed by atoms with E-state index in [1.807, 2.05) is 0 Å². The van der Waals surface area contributed by atoms with Crippen molar-refractivity contribution < 1.29 is 19.0 Å². The summed E-state index contributed by atoms with van der Waals surface area (Å²) in [6, 6.07) is 10.0. The van der Waals surface area contributed by atoms with Crippen molar-refractivity contribution in [3.05, 3.63) is 52.2 Å². The van der Waals surface area contributed by atoms with E-state index in [4.69, 9.17) is 14.2 Å². The lowest BCUT2D eigenvalue weighted by atomic mass is 10.0. The maximum Gasteiger partial charge on any atom is 0.232 e. The molecule has 2 aromatic carbocycles.